The van der Waals surface area contributed by atoms with E-state index < -0.39 is 0 Å². The molecule has 21 heavy (non-hydrogen) atoms. The van der Waals surface area contributed by atoms with Crippen LogP contribution >= 0.6 is 0 Å². The van der Waals surface area contributed by atoms with Gasteiger partial charge in [-0.1, -0.05) is 66.7 Å². The lowest BCUT2D eigenvalue weighted by atomic mass is 9.92. The van der Waals surface area contributed by atoms with Crippen LogP contribution in [0.15, 0.2) is 18.2 Å². The van der Waals surface area contributed by atoms with Crippen molar-refractivity contribution in [3.8, 4) is 0 Å². The molecular weight excluding hydrogens is 254 g/mol. The smallest absolute Gasteiger partial charge is 0.0359 e. The van der Waals surface area contributed by atoms with Crippen molar-refractivity contribution >= 4 is 0 Å². The molecule has 1 nitrogen and oxygen atoms in total. The van der Waals surface area contributed by atoms with Crippen LogP contribution in [0.5, 0.6) is 0 Å². The molecule has 1 unspecified atom stereocenters. The third kappa shape index (κ3) is 2.65. The molecular formula is C20H33N. The highest BCUT2D eigenvalue weighted by atomic mass is 15.0. The van der Waals surface area contributed by atoms with Gasteiger partial charge in [-0.05, 0) is 52.8 Å². The van der Waals surface area contributed by atoms with Crippen LogP contribution in [0.2, 0.25) is 0 Å². The van der Waals surface area contributed by atoms with Crippen molar-refractivity contribution in [2.75, 3.05) is 6.54 Å². The van der Waals surface area contributed by atoms with Crippen molar-refractivity contribution in [3.63, 3.8) is 0 Å². The summed E-state index contributed by atoms with van der Waals surface area (Å²) in [4.78, 5) is 0. The molecule has 1 aliphatic carbocycles. The average Bonchev–Trinajstić information content (AvgIpc) is 2.85. The van der Waals surface area contributed by atoms with Gasteiger partial charge in [-0.15, -0.1) is 0 Å². The van der Waals surface area contributed by atoms with Crippen molar-refractivity contribution in [1.29, 1.82) is 0 Å². The van der Waals surface area contributed by atoms with Crippen molar-refractivity contribution in [2.24, 2.45) is 16.7 Å². The SMILES string of the molecule is CCNC(c1ccc(CC)c(CC)c1)C1C(C)(C)C1(C)C. The van der Waals surface area contributed by atoms with E-state index in [1.807, 2.05) is 0 Å². The molecule has 0 heterocycles. The van der Waals surface area contributed by atoms with Crippen LogP contribution in [0.3, 0.4) is 0 Å². The monoisotopic (exact) mass is 287 g/mol. The first-order valence-electron chi connectivity index (χ1n) is 8.66. The van der Waals surface area contributed by atoms with Crippen LogP contribution in [-0.4, -0.2) is 6.54 Å². The largest absolute Gasteiger partial charge is 0.310 e. The van der Waals surface area contributed by atoms with Gasteiger partial charge < -0.3 is 5.32 Å². The molecule has 0 aliphatic heterocycles. The Morgan fingerprint density at radius 1 is 0.952 bits per heavy atom. The number of aryl methyl sites for hydroxylation is 2. The van der Waals surface area contributed by atoms with Gasteiger partial charge in [0.15, 0.2) is 0 Å². The minimum atomic E-state index is 0.412. The molecule has 118 valence electrons. The number of hydrogen-bond donors (Lipinski definition) is 1. The lowest BCUT2D eigenvalue weighted by Crippen LogP contribution is -2.25. The quantitative estimate of drug-likeness (QED) is 0.763. The van der Waals surface area contributed by atoms with Crippen LogP contribution in [0.25, 0.3) is 0 Å². The second-order valence-electron chi connectivity index (χ2n) is 7.69. The Morgan fingerprint density at radius 3 is 1.95 bits per heavy atom. The maximum absolute atomic E-state index is 3.76. The predicted molar refractivity (Wildman–Crippen MR) is 92.7 cm³/mol. The van der Waals surface area contributed by atoms with Gasteiger partial charge in [0, 0.05) is 6.04 Å². The number of hydrogen-bond acceptors (Lipinski definition) is 1. The minimum Gasteiger partial charge on any atom is -0.310 e. The molecule has 0 radical (unpaired) electrons. The first-order valence-corrected chi connectivity index (χ1v) is 8.66. The highest BCUT2D eigenvalue weighted by molar-refractivity contribution is 5.36. The van der Waals surface area contributed by atoms with Crippen LogP contribution in [0, 0.1) is 16.7 Å². The highest BCUT2D eigenvalue weighted by Crippen LogP contribution is 2.72. The van der Waals surface area contributed by atoms with Gasteiger partial charge in [-0.25, -0.2) is 0 Å². The number of nitrogens with one attached hydrogen (secondary N) is 1. The maximum Gasteiger partial charge on any atom is 0.0359 e. The van der Waals surface area contributed by atoms with E-state index >= 15 is 0 Å². The van der Waals surface area contributed by atoms with Gasteiger partial charge in [-0.2, -0.15) is 0 Å². The van der Waals surface area contributed by atoms with Crippen LogP contribution in [-0.2, 0) is 12.8 Å². The summed E-state index contributed by atoms with van der Waals surface area (Å²) in [6, 6.07) is 7.64. The molecule has 1 saturated carbocycles. The van der Waals surface area contributed by atoms with Crippen LogP contribution in [0.4, 0.5) is 0 Å². The lowest BCUT2D eigenvalue weighted by molar-refractivity contribution is 0.418. The summed E-state index contributed by atoms with van der Waals surface area (Å²) < 4.78 is 0. The molecule has 0 aromatic heterocycles. The number of benzene rings is 1. The molecule has 0 bridgehead atoms. The third-order valence-electron chi connectivity index (χ3n) is 6.24. The molecule has 1 N–H and O–H groups in total. The van der Waals surface area contributed by atoms with E-state index in [0.29, 0.717) is 22.8 Å². The lowest BCUT2D eigenvalue weighted by Gasteiger charge is -2.22. The van der Waals surface area contributed by atoms with Crippen LogP contribution < -0.4 is 5.32 Å². The minimum absolute atomic E-state index is 0.412. The first-order chi connectivity index (χ1) is 9.81. The van der Waals surface area contributed by atoms with Crippen molar-refractivity contribution < 1.29 is 0 Å². The van der Waals surface area contributed by atoms with Gasteiger partial charge in [0.05, 0.1) is 0 Å². The molecule has 1 fully saturated rings. The summed E-state index contributed by atoms with van der Waals surface area (Å²) >= 11 is 0. The molecule has 2 rings (SSSR count). The van der Waals surface area contributed by atoms with E-state index in [1.54, 1.807) is 0 Å². The Hall–Kier alpha value is -0.820. The third-order valence-corrected chi connectivity index (χ3v) is 6.24. The fourth-order valence-corrected chi connectivity index (χ4v) is 4.24. The molecule has 0 spiro atoms. The highest BCUT2D eigenvalue weighted by Gasteiger charge is 2.67. The molecule has 1 atom stereocenters. The molecule has 0 saturated heterocycles. The molecule has 1 aromatic rings. The fraction of sp³-hybridized carbons (Fsp3) is 0.700. The van der Waals surface area contributed by atoms with Gasteiger partial charge in [-0.3, -0.25) is 0 Å². The topological polar surface area (TPSA) is 12.0 Å². The Balaban J connectivity index is 2.36. The Kier molecular flexibility index (Phi) is 4.54. The van der Waals surface area contributed by atoms with Crippen molar-refractivity contribution in [2.45, 2.75) is 67.3 Å². The zero-order chi connectivity index (χ0) is 15.8. The molecule has 1 aliphatic rings. The summed E-state index contributed by atoms with van der Waals surface area (Å²) in [5.41, 5.74) is 5.33. The summed E-state index contributed by atoms with van der Waals surface area (Å²) in [7, 11) is 0. The van der Waals surface area contributed by atoms with E-state index in [9.17, 15) is 0 Å². The van der Waals surface area contributed by atoms with E-state index in [2.05, 4.69) is 72.0 Å². The second-order valence-corrected chi connectivity index (χ2v) is 7.69. The van der Waals surface area contributed by atoms with Crippen molar-refractivity contribution in [3.05, 3.63) is 34.9 Å². The summed E-state index contributed by atoms with van der Waals surface area (Å²) in [5, 5.41) is 3.76. The summed E-state index contributed by atoms with van der Waals surface area (Å²) in [6.45, 7) is 17.5. The molecule has 1 heteroatoms. The normalized spacial score (nSPS) is 21.3. The van der Waals surface area contributed by atoms with Crippen LogP contribution in [0.1, 0.15) is 71.2 Å². The van der Waals surface area contributed by atoms with E-state index in [-0.39, 0.29) is 0 Å². The molecule has 1 aromatic carbocycles. The van der Waals surface area contributed by atoms with E-state index in [4.69, 9.17) is 0 Å². The Morgan fingerprint density at radius 2 is 1.52 bits per heavy atom. The fourth-order valence-electron chi connectivity index (χ4n) is 4.24. The van der Waals surface area contributed by atoms with Gasteiger partial charge in [0.1, 0.15) is 0 Å². The number of rotatable bonds is 6. The summed E-state index contributed by atoms with van der Waals surface area (Å²) in [6.07, 6.45) is 2.27. The molecule has 0 amide bonds. The zero-order valence-corrected chi connectivity index (χ0v) is 15.0. The van der Waals surface area contributed by atoms with E-state index in [0.717, 1.165) is 19.4 Å². The van der Waals surface area contributed by atoms with Gasteiger partial charge in [0.2, 0.25) is 0 Å². The Labute approximate surface area is 131 Å². The maximum atomic E-state index is 3.76. The first kappa shape index (κ1) is 16.5. The predicted octanol–water partition coefficient (Wildman–Crippen LogP) is 5.14. The second kappa shape index (κ2) is 5.76. The standard InChI is InChI=1S/C20H33N/c1-8-14-11-12-16(13-15(14)9-2)17(21-10-3)18-19(4,5)20(18,6)7/h11-13,17-18,21H,8-10H2,1-7H3. The summed E-state index contributed by atoms with van der Waals surface area (Å²) in [5.74, 6) is 0.710. The van der Waals surface area contributed by atoms with Crippen molar-refractivity contribution in [1.82, 2.24) is 5.32 Å². The van der Waals surface area contributed by atoms with E-state index in [1.165, 1.54) is 16.7 Å². The average molecular weight is 287 g/mol. The van der Waals surface area contributed by atoms with Gasteiger partial charge >= 0.3 is 0 Å². The Bertz CT molecular complexity index is 485. The van der Waals surface area contributed by atoms with Gasteiger partial charge in [0.25, 0.3) is 0 Å². The zero-order valence-electron chi connectivity index (χ0n) is 15.0.